The van der Waals surface area contributed by atoms with Crippen molar-refractivity contribution in [1.82, 2.24) is 9.78 Å². The van der Waals surface area contributed by atoms with E-state index in [1.165, 1.54) is 11.3 Å². The van der Waals surface area contributed by atoms with Gasteiger partial charge in [-0.15, -0.1) is 11.3 Å². The van der Waals surface area contributed by atoms with Crippen LogP contribution in [0, 0.1) is 24.0 Å². The number of thiophene rings is 1. The van der Waals surface area contributed by atoms with Crippen LogP contribution in [-0.2, 0) is 0 Å². The van der Waals surface area contributed by atoms with Crippen molar-refractivity contribution in [2.24, 2.45) is 0 Å². The zero-order valence-electron chi connectivity index (χ0n) is 16.2. The van der Waals surface area contributed by atoms with Gasteiger partial charge in [-0.2, -0.15) is 5.10 Å². The van der Waals surface area contributed by atoms with Crippen molar-refractivity contribution in [2.45, 2.75) is 13.8 Å². The topological polar surface area (TPSA) is 84.5 Å². The third kappa shape index (κ3) is 3.61. The summed E-state index contributed by atoms with van der Waals surface area (Å²) in [6, 6.07) is 9.08. The van der Waals surface area contributed by atoms with E-state index in [2.05, 4.69) is 14.9 Å². The van der Waals surface area contributed by atoms with E-state index in [0.717, 1.165) is 60.1 Å². The molecule has 1 fully saturated rings. The Morgan fingerprint density at radius 1 is 1.07 bits per heavy atom. The van der Waals surface area contributed by atoms with E-state index >= 15 is 0 Å². The number of hydrogen-bond acceptors (Lipinski definition) is 7. The lowest BCUT2D eigenvalue weighted by molar-refractivity contribution is -0.384. The summed E-state index contributed by atoms with van der Waals surface area (Å²) in [5, 5.41) is 17.9. The lowest BCUT2D eigenvalue weighted by Crippen LogP contribution is -2.46. The zero-order chi connectivity index (χ0) is 20.5. The largest absolute Gasteiger partial charge is 0.368 e. The highest BCUT2D eigenvalue weighted by Gasteiger charge is 2.23. The van der Waals surface area contributed by atoms with E-state index in [-0.39, 0.29) is 10.6 Å². The number of nitro benzene ring substituents is 1. The Kier molecular flexibility index (Phi) is 5.06. The first-order chi connectivity index (χ1) is 14.0. The minimum atomic E-state index is -0.370. The second-order valence-electron chi connectivity index (χ2n) is 7.03. The maximum Gasteiger partial charge on any atom is 0.295 e. The Morgan fingerprint density at radius 2 is 1.79 bits per heavy atom. The average Bonchev–Trinajstić information content (AvgIpc) is 3.33. The molecule has 0 unspecified atom stereocenters. The van der Waals surface area contributed by atoms with E-state index in [1.54, 1.807) is 16.8 Å². The number of aryl methyl sites for hydroxylation is 2. The molecule has 150 valence electrons. The normalized spacial score (nSPS) is 14.3. The Labute approximate surface area is 172 Å². The quantitative estimate of drug-likeness (QED) is 0.362. The second kappa shape index (κ2) is 7.67. The zero-order valence-corrected chi connectivity index (χ0v) is 17.1. The lowest BCUT2D eigenvalue weighted by atomic mass is 10.2. The first-order valence-corrected chi connectivity index (χ1v) is 10.2. The third-order valence-electron chi connectivity index (χ3n) is 5.16. The van der Waals surface area contributed by atoms with Crippen molar-refractivity contribution in [1.29, 1.82) is 0 Å². The first kappa shape index (κ1) is 19.1. The van der Waals surface area contributed by atoms with Gasteiger partial charge in [-0.25, -0.2) is 4.68 Å². The number of nitrogens with zero attached hydrogens (tertiary/aromatic N) is 5. The van der Waals surface area contributed by atoms with E-state index in [9.17, 15) is 14.9 Å². The van der Waals surface area contributed by atoms with Crippen molar-refractivity contribution in [2.75, 3.05) is 36.0 Å². The predicted molar refractivity (Wildman–Crippen MR) is 114 cm³/mol. The molecule has 0 amide bonds. The number of benzene rings is 1. The number of piperazine rings is 1. The van der Waals surface area contributed by atoms with Crippen molar-refractivity contribution in [3.05, 3.63) is 62.1 Å². The molecule has 0 aliphatic carbocycles. The minimum absolute atomic E-state index is 0.0347. The summed E-state index contributed by atoms with van der Waals surface area (Å²) in [5.41, 5.74) is 4.09. The van der Waals surface area contributed by atoms with Crippen LogP contribution in [0.1, 0.15) is 21.1 Å². The van der Waals surface area contributed by atoms with Crippen LogP contribution < -0.4 is 9.80 Å². The third-order valence-corrected chi connectivity index (χ3v) is 5.99. The van der Waals surface area contributed by atoms with Crippen LogP contribution in [0.4, 0.5) is 17.1 Å². The molecule has 29 heavy (non-hydrogen) atoms. The monoisotopic (exact) mass is 411 g/mol. The highest BCUT2D eigenvalue weighted by molar-refractivity contribution is 7.12. The fourth-order valence-electron chi connectivity index (χ4n) is 3.77. The van der Waals surface area contributed by atoms with Gasteiger partial charge < -0.3 is 9.80 Å². The Hall–Kier alpha value is -3.20. The smallest absolute Gasteiger partial charge is 0.295 e. The molecular weight excluding hydrogens is 390 g/mol. The predicted octanol–water partition coefficient (Wildman–Crippen LogP) is 3.60. The Morgan fingerprint density at radius 3 is 2.41 bits per heavy atom. The number of aldehydes is 1. The fourth-order valence-corrected chi connectivity index (χ4v) is 4.49. The Bertz CT molecular complexity index is 1070. The van der Waals surface area contributed by atoms with Gasteiger partial charge in [-0.05, 0) is 43.5 Å². The summed E-state index contributed by atoms with van der Waals surface area (Å²) < 4.78 is 1.63. The van der Waals surface area contributed by atoms with Crippen LogP contribution in [0.2, 0.25) is 0 Å². The van der Waals surface area contributed by atoms with Crippen LogP contribution in [-0.4, -0.2) is 47.2 Å². The molecule has 0 bridgehead atoms. The van der Waals surface area contributed by atoms with Gasteiger partial charge in [0, 0.05) is 43.6 Å². The molecule has 1 aromatic carbocycles. The minimum Gasteiger partial charge on any atom is -0.368 e. The van der Waals surface area contributed by atoms with Gasteiger partial charge in [0.05, 0.1) is 21.2 Å². The lowest BCUT2D eigenvalue weighted by Gasteiger charge is -2.37. The molecule has 1 saturated heterocycles. The molecule has 0 spiro atoms. The highest BCUT2D eigenvalue weighted by atomic mass is 32.1. The average molecular weight is 411 g/mol. The molecule has 0 saturated carbocycles. The number of rotatable bonds is 5. The molecular formula is C20H21N5O3S. The number of carbonyl (C=O) groups excluding carboxylic acids is 1. The maximum atomic E-state index is 11.6. The SMILES string of the molecule is Cc1cc(C)n(-c2cc(N3CCN(c4ccsc4C=O)CC3)ccc2[N+](=O)[O-])n1. The molecule has 0 N–H and O–H groups in total. The number of anilines is 2. The standard InChI is InChI=1S/C20H21N5O3S/c1-14-11-15(2)24(21-14)19-12-16(3-4-17(19)25(27)28)22-6-8-23(9-7-22)18-5-10-29-20(18)13-26/h3-5,10-13H,6-9H2,1-2H3. The van der Waals surface area contributed by atoms with Gasteiger partial charge in [-0.1, -0.05) is 0 Å². The van der Waals surface area contributed by atoms with Gasteiger partial charge in [0.1, 0.15) is 5.69 Å². The molecule has 9 heteroatoms. The van der Waals surface area contributed by atoms with E-state index in [0.29, 0.717) is 5.69 Å². The van der Waals surface area contributed by atoms with Crippen LogP contribution in [0.5, 0.6) is 0 Å². The molecule has 4 rings (SSSR count). The molecule has 3 aromatic rings. The molecule has 1 aliphatic rings. The van der Waals surface area contributed by atoms with Crippen molar-refractivity contribution in [3.8, 4) is 5.69 Å². The summed E-state index contributed by atoms with van der Waals surface area (Å²) in [5.74, 6) is 0. The highest BCUT2D eigenvalue weighted by Crippen LogP contribution is 2.31. The van der Waals surface area contributed by atoms with E-state index in [4.69, 9.17) is 0 Å². The Balaban J connectivity index is 1.60. The summed E-state index contributed by atoms with van der Waals surface area (Å²) in [4.78, 5) is 27.6. The number of carbonyl (C=O) groups is 1. The maximum absolute atomic E-state index is 11.6. The number of hydrogen-bond donors (Lipinski definition) is 0. The summed E-state index contributed by atoms with van der Waals surface area (Å²) in [7, 11) is 0. The van der Waals surface area contributed by atoms with E-state index in [1.807, 2.05) is 37.4 Å². The van der Waals surface area contributed by atoms with E-state index < -0.39 is 0 Å². The fraction of sp³-hybridized carbons (Fsp3) is 0.300. The van der Waals surface area contributed by atoms with Crippen molar-refractivity contribution in [3.63, 3.8) is 0 Å². The first-order valence-electron chi connectivity index (χ1n) is 9.32. The summed E-state index contributed by atoms with van der Waals surface area (Å²) >= 11 is 1.45. The van der Waals surface area contributed by atoms with Crippen molar-refractivity contribution >= 4 is 34.7 Å². The second-order valence-corrected chi connectivity index (χ2v) is 7.98. The molecule has 3 heterocycles. The van der Waals surface area contributed by atoms with Gasteiger partial charge in [0.15, 0.2) is 6.29 Å². The van der Waals surface area contributed by atoms with Crippen LogP contribution >= 0.6 is 11.3 Å². The molecule has 0 radical (unpaired) electrons. The summed E-state index contributed by atoms with van der Waals surface area (Å²) in [6.07, 6.45) is 0.906. The number of nitro groups is 1. The van der Waals surface area contributed by atoms with Gasteiger partial charge in [-0.3, -0.25) is 14.9 Å². The summed E-state index contributed by atoms with van der Waals surface area (Å²) in [6.45, 7) is 6.86. The van der Waals surface area contributed by atoms with Gasteiger partial charge in [0.25, 0.3) is 5.69 Å². The molecule has 0 atom stereocenters. The van der Waals surface area contributed by atoms with Crippen LogP contribution in [0.3, 0.4) is 0 Å². The molecule has 8 nitrogen and oxygen atoms in total. The molecule has 1 aliphatic heterocycles. The van der Waals surface area contributed by atoms with Crippen molar-refractivity contribution < 1.29 is 9.72 Å². The molecule has 2 aromatic heterocycles. The van der Waals surface area contributed by atoms with Crippen LogP contribution in [0.15, 0.2) is 35.7 Å². The van der Waals surface area contributed by atoms with Gasteiger partial charge in [0.2, 0.25) is 0 Å². The number of aromatic nitrogens is 2. The van der Waals surface area contributed by atoms with Gasteiger partial charge >= 0.3 is 0 Å². The van der Waals surface area contributed by atoms with Crippen LogP contribution in [0.25, 0.3) is 5.69 Å².